The van der Waals surface area contributed by atoms with Crippen LogP contribution < -0.4 is 0 Å². The van der Waals surface area contributed by atoms with Gasteiger partial charge in [0.25, 0.3) is 0 Å². The van der Waals surface area contributed by atoms with Crippen LogP contribution in [0.2, 0.25) is 5.02 Å². The van der Waals surface area contributed by atoms with Gasteiger partial charge < -0.3 is 4.98 Å². The first kappa shape index (κ1) is 14.8. The molecule has 0 bridgehead atoms. The number of likely N-dealkylation sites (N-methyl/N-ethyl adjacent to an activating group) is 1. The molecule has 22 heavy (non-hydrogen) atoms. The average molecular weight is 313 g/mol. The van der Waals surface area contributed by atoms with Gasteiger partial charge in [0, 0.05) is 34.2 Å². The first-order chi connectivity index (χ1) is 10.6. The zero-order valence-corrected chi connectivity index (χ0v) is 13.1. The van der Waals surface area contributed by atoms with Crippen molar-refractivity contribution in [2.75, 3.05) is 13.6 Å². The third-order valence-electron chi connectivity index (χ3n) is 3.64. The fourth-order valence-corrected chi connectivity index (χ4v) is 2.85. The summed E-state index contributed by atoms with van der Waals surface area (Å²) in [6.45, 7) is 1.06. The first-order valence-electron chi connectivity index (χ1n) is 7.16. The van der Waals surface area contributed by atoms with Crippen LogP contribution in [0.4, 0.5) is 0 Å². The lowest BCUT2D eigenvalue weighted by atomic mass is 10.1. The molecule has 0 atom stereocenters. The number of H-pyrrole nitrogens is 1. The maximum absolute atomic E-state index is 12.5. The van der Waals surface area contributed by atoms with Gasteiger partial charge in [0.1, 0.15) is 0 Å². The van der Waals surface area contributed by atoms with Crippen LogP contribution in [0.5, 0.6) is 0 Å². The quantitative estimate of drug-likeness (QED) is 0.719. The number of para-hydroxylation sites is 1. The number of Topliss-reactive ketones (excluding diaryl/α,β-unsaturated/α-hetero) is 1. The molecule has 112 valence electrons. The Bertz CT molecular complexity index is 809. The molecule has 0 radical (unpaired) electrons. The monoisotopic (exact) mass is 312 g/mol. The number of hydrogen-bond acceptors (Lipinski definition) is 2. The number of fused-ring (bicyclic) bond motifs is 1. The molecule has 0 unspecified atom stereocenters. The first-order valence-corrected chi connectivity index (χ1v) is 7.53. The Balaban J connectivity index is 1.71. The standard InChI is InChI=1S/C18H17ClN2O/c1-21(11-13-5-4-6-14(19)9-13)12-18(22)16-10-20-17-8-3-2-7-15(16)17/h2-10,20H,11-12H2,1H3. The summed E-state index contributed by atoms with van der Waals surface area (Å²) < 4.78 is 0. The number of nitrogens with one attached hydrogen (secondary N) is 1. The van der Waals surface area contributed by atoms with E-state index in [-0.39, 0.29) is 5.78 Å². The summed E-state index contributed by atoms with van der Waals surface area (Å²) in [6, 6.07) is 15.6. The van der Waals surface area contributed by atoms with Crippen molar-refractivity contribution in [3.05, 3.63) is 70.9 Å². The Morgan fingerprint density at radius 2 is 2.00 bits per heavy atom. The zero-order chi connectivity index (χ0) is 15.5. The van der Waals surface area contributed by atoms with Crippen LogP contribution in [0.1, 0.15) is 15.9 Å². The van der Waals surface area contributed by atoms with Crippen molar-refractivity contribution in [1.82, 2.24) is 9.88 Å². The van der Waals surface area contributed by atoms with E-state index in [2.05, 4.69) is 4.98 Å². The van der Waals surface area contributed by atoms with Gasteiger partial charge in [0.2, 0.25) is 0 Å². The molecule has 0 aliphatic rings. The minimum absolute atomic E-state index is 0.113. The van der Waals surface area contributed by atoms with Crippen molar-refractivity contribution in [3.63, 3.8) is 0 Å². The van der Waals surface area contributed by atoms with E-state index < -0.39 is 0 Å². The lowest BCUT2D eigenvalue weighted by molar-refractivity contribution is 0.0944. The van der Waals surface area contributed by atoms with Crippen LogP contribution in [0.25, 0.3) is 10.9 Å². The van der Waals surface area contributed by atoms with Gasteiger partial charge in [0.15, 0.2) is 5.78 Å². The molecule has 0 amide bonds. The lowest BCUT2D eigenvalue weighted by Gasteiger charge is -2.15. The number of aromatic nitrogens is 1. The molecule has 0 saturated heterocycles. The zero-order valence-electron chi connectivity index (χ0n) is 12.3. The maximum Gasteiger partial charge on any atom is 0.178 e. The third-order valence-corrected chi connectivity index (χ3v) is 3.88. The van der Waals surface area contributed by atoms with E-state index >= 15 is 0 Å². The smallest absolute Gasteiger partial charge is 0.178 e. The number of benzene rings is 2. The van der Waals surface area contributed by atoms with Crippen molar-refractivity contribution in [2.24, 2.45) is 0 Å². The summed E-state index contributed by atoms with van der Waals surface area (Å²) in [4.78, 5) is 17.6. The molecule has 3 aromatic rings. The van der Waals surface area contributed by atoms with Crippen molar-refractivity contribution >= 4 is 28.3 Å². The number of carbonyl (C=O) groups excluding carboxylic acids is 1. The number of nitrogens with zero attached hydrogens (tertiary/aromatic N) is 1. The van der Waals surface area contributed by atoms with E-state index in [1.54, 1.807) is 6.20 Å². The van der Waals surface area contributed by atoms with Crippen LogP contribution in [0.3, 0.4) is 0 Å². The van der Waals surface area contributed by atoms with Crippen LogP contribution in [-0.4, -0.2) is 29.3 Å². The second-order valence-electron chi connectivity index (χ2n) is 5.47. The van der Waals surface area contributed by atoms with Crippen molar-refractivity contribution in [2.45, 2.75) is 6.54 Å². The molecule has 0 spiro atoms. The minimum atomic E-state index is 0.113. The Kier molecular flexibility index (Phi) is 4.27. The second-order valence-corrected chi connectivity index (χ2v) is 5.91. The van der Waals surface area contributed by atoms with Crippen molar-refractivity contribution < 1.29 is 4.79 Å². The van der Waals surface area contributed by atoms with E-state index in [0.29, 0.717) is 18.1 Å². The fourth-order valence-electron chi connectivity index (χ4n) is 2.64. The van der Waals surface area contributed by atoms with Crippen LogP contribution in [-0.2, 0) is 6.54 Å². The molecule has 2 aromatic carbocycles. The van der Waals surface area contributed by atoms with Gasteiger partial charge in [-0.05, 0) is 30.8 Å². The van der Waals surface area contributed by atoms with E-state index in [1.807, 2.05) is 60.5 Å². The third kappa shape index (κ3) is 3.21. The second kappa shape index (κ2) is 6.34. The maximum atomic E-state index is 12.5. The molecular formula is C18H17ClN2O. The summed E-state index contributed by atoms with van der Waals surface area (Å²) in [5.41, 5.74) is 2.83. The molecule has 0 fully saturated rings. The molecular weight excluding hydrogens is 296 g/mol. The van der Waals surface area contributed by atoms with Crippen LogP contribution in [0.15, 0.2) is 54.7 Å². The molecule has 3 rings (SSSR count). The van der Waals surface area contributed by atoms with Crippen LogP contribution in [0, 0.1) is 0 Å². The number of carbonyl (C=O) groups is 1. The largest absolute Gasteiger partial charge is 0.360 e. The Morgan fingerprint density at radius 1 is 1.18 bits per heavy atom. The molecule has 0 aliphatic heterocycles. The van der Waals surface area contributed by atoms with Gasteiger partial charge in [-0.25, -0.2) is 0 Å². The number of rotatable bonds is 5. The topological polar surface area (TPSA) is 36.1 Å². The number of hydrogen-bond donors (Lipinski definition) is 1. The highest BCUT2D eigenvalue weighted by Crippen LogP contribution is 2.19. The minimum Gasteiger partial charge on any atom is -0.360 e. The predicted molar refractivity (Wildman–Crippen MR) is 90.4 cm³/mol. The van der Waals surface area contributed by atoms with Gasteiger partial charge in [0.05, 0.1) is 6.54 Å². The SMILES string of the molecule is CN(CC(=O)c1c[nH]c2ccccc12)Cc1cccc(Cl)c1. The summed E-state index contributed by atoms with van der Waals surface area (Å²) in [6.07, 6.45) is 1.79. The van der Waals surface area contributed by atoms with Gasteiger partial charge in [-0.15, -0.1) is 0 Å². The summed E-state index contributed by atoms with van der Waals surface area (Å²) in [7, 11) is 1.94. The van der Waals surface area contributed by atoms with Crippen molar-refractivity contribution in [1.29, 1.82) is 0 Å². The molecule has 3 nitrogen and oxygen atoms in total. The van der Waals surface area contributed by atoms with E-state index in [0.717, 1.165) is 22.0 Å². The van der Waals surface area contributed by atoms with E-state index in [1.165, 1.54) is 0 Å². The average Bonchev–Trinajstić information content (AvgIpc) is 2.91. The number of halogens is 1. The molecule has 4 heteroatoms. The summed E-state index contributed by atoms with van der Waals surface area (Å²) >= 11 is 5.99. The highest BCUT2D eigenvalue weighted by molar-refractivity contribution is 6.30. The molecule has 1 aromatic heterocycles. The van der Waals surface area contributed by atoms with E-state index in [9.17, 15) is 4.79 Å². The highest BCUT2D eigenvalue weighted by atomic mass is 35.5. The fraction of sp³-hybridized carbons (Fsp3) is 0.167. The van der Waals surface area contributed by atoms with Crippen LogP contribution >= 0.6 is 11.6 Å². The van der Waals surface area contributed by atoms with Gasteiger partial charge in [-0.3, -0.25) is 9.69 Å². The Morgan fingerprint density at radius 3 is 2.82 bits per heavy atom. The Labute approximate surface area is 134 Å². The normalized spacial score (nSPS) is 11.2. The number of ketones is 1. The predicted octanol–water partition coefficient (Wildman–Crippen LogP) is 4.14. The number of aromatic amines is 1. The molecule has 0 aliphatic carbocycles. The molecule has 1 N–H and O–H groups in total. The van der Waals surface area contributed by atoms with Gasteiger partial charge >= 0.3 is 0 Å². The summed E-state index contributed by atoms with van der Waals surface area (Å²) in [5, 5.41) is 1.69. The van der Waals surface area contributed by atoms with E-state index in [4.69, 9.17) is 11.6 Å². The molecule has 0 saturated carbocycles. The van der Waals surface area contributed by atoms with Gasteiger partial charge in [-0.2, -0.15) is 0 Å². The van der Waals surface area contributed by atoms with Crippen molar-refractivity contribution in [3.8, 4) is 0 Å². The molecule has 1 heterocycles. The Hall–Kier alpha value is -2.10. The summed E-state index contributed by atoms with van der Waals surface area (Å²) in [5.74, 6) is 0.113. The lowest BCUT2D eigenvalue weighted by Crippen LogP contribution is -2.25. The van der Waals surface area contributed by atoms with Gasteiger partial charge in [-0.1, -0.05) is 41.9 Å². The highest BCUT2D eigenvalue weighted by Gasteiger charge is 2.14.